The summed E-state index contributed by atoms with van der Waals surface area (Å²) < 4.78 is 0. The lowest BCUT2D eigenvalue weighted by atomic mass is 9.38. The molecule has 3 unspecified atom stereocenters. The second-order valence-corrected chi connectivity index (χ2v) is 7.09. The Kier molecular flexibility index (Phi) is 2.10. The minimum absolute atomic E-state index is 0.174. The van der Waals surface area contributed by atoms with Crippen LogP contribution >= 0.6 is 0 Å². The van der Waals surface area contributed by atoms with Gasteiger partial charge < -0.3 is 5.11 Å². The minimum Gasteiger partial charge on any atom is -0.478 e. The van der Waals surface area contributed by atoms with E-state index >= 15 is 0 Å². The highest BCUT2D eigenvalue weighted by atomic mass is 16.4. The Morgan fingerprint density at radius 1 is 1.18 bits per heavy atom. The van der Waals surface area contributed by atoms with E-state index < -0.39 is 5.97 Å². The maximum Gasteiger partial charge on any atom is 0.331 e. The molecule has 0 saturated heterocycles. The molecule has 4 saturated carbocycles. The second-order valence-electron chi connectivity index (χ2n) is 7.09. The van der Waals surface area contributed by atoms with Crippen molar-refractivity contribution in [2.24, 2.45) is 28.6 Å². The Hall–Kier alpha value is -0.790. The van der Waals surface area contributed by atoms with Crippen molar-refractivity contribution in [3.05, 3.63) is 12.2 Å². The van der Waals surface area contributed by atoms with Gasteiger partial charge in [0.05, 0.1) is 0 Å². The molecule has 0 aromatic heterocycles. The average Bonchev–Trinajstić information content (AvgIpc) is 2.23. The second kappa shape index (κ2) is 3.15. The first-order chi connectivity index (χ1) is 7.87. The highest BCUT2D eigenvalue weighted by molar-refractivity contribution is 5.87. The Bertz CT molecular complexity index is 384. The van der Waals surface area contributed by atoms with Crippen molar-refractivity contribution in [1.82, 2.24) is 0 Å². The lowest BCUT2D eigenvalue weighted by Gasteiger charge is -2.66. The first-order valence-electron chi connectivity index (χ1n) is 6.79. The summed E-state index contributed by atoms with van der Waals surface area (Å²) >= 11 is 0. The number of aliphatic carboxylic acids is 1. The number of carbonyl (C=O) groups is 1. The number of rotatable bonds is 2. The van der Waals surface area contributed by atoms with Crippen molar-refractivity contribution in [2.75, 3.05) is 0 Å². The van der Waals surface area contributed by atoms with Crippen molar-refractivity contribution in [3.8, 4) is 0 Å². The van der Waals surface area contributed by atoms with Crippen LogP contribution < -0.4 is 0 Å². The molecule has 0 heterocycles. The maximum absolute atomic E-state index is 11.4. The molecule has 0 aromatic rings. The third-order valence-corrected chi connectivity index (χ3v) is 6.34. The van der Waals surface area contributed by atoms with Gasteiger partial charge in [0.25, 0.3) is 0 Å². The quantitative estimate of drug-likeness (QED) is 0.743. The molecule has 0 aromatic carbocycles. The fraction of sp³-hybridized carbons (Fsp3) is 0.800. The Morgan fingerprint density at radius 3 is 2.12 bits per heavy atom. The van der Waals surface area contributed by atoms with Gasteiger partial charge in [0.1, 0.15) is 0 Å². The zero-order chi connectivity index (χ0) is 12.4. The molecule has 4 aliphatic carbocycles. The summed E-state index contributed by atoms with van der Waals surface area (Å²) in [4.78, 5) is 11.4. The molecule has 4 bridgehead atoms. The normalized spacial score (nSPS) is 51.5. The van der Waals surface area contributed by atoms with E-state index in [1.54, 1.807) is 0 Å². The highest BCUT2D eigenvalue weighted by Crippen LogP contribution is 2.70. The van der Waals surface area contributed by atoms with Crippen LogP contribution in [0.15, 0.2) is 12.2 Å². The van der Waals surface area contributed by atoms with E-state index in [0.29, 0.717) is 11.5 Å². The summed E-state index contributed by atoms with van der Waals surface area (Å²) in [5.74, 6) is 1.47. The summed E-state index contributed by atoms with van der Waals surface area (Å²) in [6.07, 6.45) is 6.27. The van der Waals surface area contributed by atoms with Crippen LogP contribution in [0.4, 0.5) is 0 Å². The lowest BCUT2D eigenvalue weighted by molar-refractivity contribution is -0.155. The Balaban J connectivity index is 2.05. The lowest BCUT2D eigenvalue weighted by Crippen LogP contribution is -2.58. The fourth-order valence-electron chi connectivity index (χ4n) is 5.48. The molecule has 0 spiro atoms. The molecule has 0 aliphatic heterocycles. The van der Waals surface area contributed by atoms with E-state index in [0.717, 1.165) is 11.8 Å². The molecule has 4 fully saturated rings. The molecule has 2 heteroatoms. The third kappa shape index (κ3) is 1.24. The predicted octanol–water partition coefficient (Wildman–Crippen LogP) is 3.48. The first kappa shape index (κ1) is 11.3. The van der Waals surface area contributed by atoms with Crippen molar-refractivity contribution < 1.29 is 9.90 Å². The first-order valence-corrected chi connectivity index (χ1v) is 6.79. The monoisotopic (exact) mass is 234 g/mol. The zero-order valence-corrected chi connectivity index (χ0v) is 10.8. The van der Waals surface area contributed by atoms with Crippen LogP contribution in [-0.4, -0.2) is 11.1 Å². The molecule has 94 valence electrons. The van der Waals surface area contributed by atoms with Gasteiger partial charge in [-0.25, -0.2) is 4.79 Å². The standard InChI is InChI=1S/C15H22O2/c1-9(13(16)17)15(3)12-5-10-4-11(6-12)8-14(15,2)7-10/h10-12H,1,4-8H2,2-3H3,(H,16,17). The van der Waals surface area contributed by atoms with E-state index in [9.17, 15) is 9.90 Å². The van der Waals surface area contributed by atoms with Gasteiger partial charge >= 0.3 is 5.97 Å². The summed E-state index contributed by atoms with van der Waals surface area (Å²) in [6.45, 7) is 8.40. The van der Waals surface area contributed by atoms with Gasteiger partial charge in [-0.2, -0.15) is 0 Å². The fourth-order valence-corrected chi connectivity index (χ4v) is 5.48. The van der Waals surface area contributed by atoms with Gasteiger partial charge in [0.2, 0.25) is 0 Å². The summed E-state index contributed by atoms with van der Waals surface area (Å²) in [5, 5.41) is 9.35. The van der Waals surface area contributed by atoms with Crippen LogP contribution in [0, 0.1) is 28.6 Å². The zero-order valence-electron chi connectivity index (χ0n) is 10.8. The summed E-state index contributed by atoms with van der Waals surface area (Å²) in [6, 6.07) is 0. The van der Waals surface area contributed by atoms with E-state index in [-0.39, 0.29) is 10.8 Å². The third-order valence-electron chi connectivity index (χ3n) is 6.34. The van der Waals surface area contributed by atoms with E-state index in [2.05, 4.69) is 20.4 Å². The van der Waals surface area contributed by atoms with Crippen LogP contribution in [0.3, 0.4) is 0 Å². The van der Waals surface area contributed by atoms with Gasteiger partial charge in [-0.3, -0.25) is 0 Å². The van der Waals surface area contributed by atoms with Gasteiger partial charge in [-0.15, -0.1) is 0 Å². The van der Waals surface area contributed by atoms with Crippen molar-refractivity contribution in [2.45, 2.75) is 46.0 Å². The van der Waals surface area contributed by atoms with Gasteiger partial charge in [-0.1, -0.05) is 20.4 Å². The van der Waals surface area contributed by atoms with Crippen molar-refractivity contribution in [3.63, 3.8) is 0 Å². The molecule has 0 amide bonds. The Labute approximate surface area is 103 Å². The van der Waals surface area contributed by atoms with Crippen LogP contribution in [0.2, 0.25) is 0 Å². The summed E-state index contributed by atoms with van der Waals surface area (Å²) in [7, 11) is 0. The maximum atomic E-state index is 11.4. The van der Waals surface area contributed by atoms with E-state index in [1.807, 2.05) is 0 Å². The molecule has 2 nitrogen and oxygen atoms in total. The number of carboxylic acid groups (broad SMARTS) is 1. The van der Waals surface area contributed by atoms with Crippen LogP contribution in [0.5, 0.6) is 0 Å². The largest absolute Gasteiger partial charge is 0.478 e. The van der Waals surface area contributed by atoms with Gasteiger partial charge in [-0.05, 0) is 55.3 Å². The predicted molar refractivity (Wildman–Crippen MR) is 66.5 cm³/mol. The van der Waals surface area contributed by atoms with Gasteiger partial charge in [0.15, 0.2) is 0 Å². The summed E-state index contributed by atoms with van der Waals surface area (Å²) in [5.41, 5.74) is 0.465. The van der Waals surface area contributed by atoms with E-state index in [1.165, 1.54) is 32.1 Å². The number of hydrogen-bond acceptors (Lipinski definition) is 1. The van der Waals surface area contributed by atoms with Crippen molar-refractivity contribution >= 4 is 5.97 Å². The molecular weight excluding hydrogens is 212 g/mol. The van der Waals surface area contributed by atoms with Crippen molar-refractivity contribution in [1.29, 1.82) is 0 Å². The minimum atomic E-state index is -0.791. The molecule has 17 heavy (non-hydrogen) atoms. The smallest absolute Gasteiger partial charge is 0.331 e. The highest BCUT2D eigenvalue weighted by Gasteiger charge is 2.62. The topological polar surface area (TPSA) is 37.3 Å². The number of carboxylic acids is 1. The van der Waals surface area contributed by atoms with E-state index in [4.69, 9.17) is 0 Å². The molecule has 4 aliphatic rings. The SMILES string of the molecule is C=C(C(=O)O)C1(C)C2CC3CC(C2)CC1(C)C3. The van der Waals surface area contributed by atoms with Gasteiger partial charge in [0, 0.05) is 11.0 Å². The molecule has 4 rings (SSSR count). The number of hydrogen-bond donors (Lipinski definition) is 1. The van der Waals surface area contributed by atoms with Crippen LogP contribution in [0.25, 0.3) is 0 Å². The average molecular weight is 234 g/mol. The molecule has 3 atom stereocenters. The van der Waals surface area contributed by atoms with Crippen LogP contribution in [0.1, 0.15) is 46.0 Å². The van der Waals surface area contributed by atoms with Crippen LogP contribution in [-0.2, 0) is 4.79 Å². The molecular formula is C15H22O2. The molecule has 1 N–H and O–H groups in total. The molecule has 0 radical (unpaired) electrons. The Morgan fingerprint density at radius 2 is 1.71 bits per heavy atom.